The van der Waals surface area contributed by atoms with Crippen LogP contribution in [0.3, 0.4) is 0 Å². The Morgan fingerprint density at radius 2 is 2.35 bits per heavy atom. The lowest BCUT2D eigenvalue weighted by atomic mass is 10.3. The lowest BCUT2D eigenvalue weighted by molar-refractivity contribution is 0.673. The fraction of sp³-hybridized carbons (Fsp3) is 0.462. The summed E-state index contributed by atoms with van der Waals surface area (Å²) >= 11 is 1.77. The molecule has 0 amide bonds. The first-order valence-corrected chi connectivity index (χ1v) is 6.86. The first-order valence-electron chi connectivity index (χ1n) is 6.04. The van der Waals surface area contributed by atoms with Crippen molar-refractivity contribution in [2.24, 2.45) is 0 Å². The molecule has 0 aromatic carbocycles. The van der Waals surface area contributed by atoms with Crippen molar-refractivity contribution in [2.75, 3.05) is 6.54 Å². The number of hydrogen-bond donors (Lipinski definition) is 1. The molecule has 0 unspecified atom stereocenters. The van der Waals surface area contributed by atoms with Crippen LogP contribution in [0.25, 0.3) is 0 Å². The van der Waals surface area contributed by atoms with Gasteiger partial charge in [0, 0.05) is 30.0 Å². The van der Waals surface area contributed by atoms with E-state index < -0.39 is 0 Å². The Morgan fingerprint density at radius 3 is 3.06 bits per heavy atom. The molecule has 92 valence electrons. The quantitative estimate of drug-likeness (QED) is 0.798. The molecule has 4 heteroatoms. The molecular formula is C13H19N3S. The van der Waals surface area contributed by atoms with E-state index >= 15 is 0 Å². The minimum Gasteiger partial charge on any atom is -0.349 e. The normalized spacial score (nSPS) is 10.9. The summed E-state index contributed by atoms with van der Waals surface area (Å²) in [5.41, 5.74) is 1.35. The largest absolute Gasteiger partial charge is 0.349 e. The highest BCUT2D eigenvalue weighted by molar-refractivity contribution is 7.11. The van der Waals surface area contributed by atoms with Crippen molar-refractivity contribution in [3.05, 3.63) is 40.1 Å². The Balaban J connectivity index is 1.89. The maximum atomic E-state index is 4.27. The van der Waals surface area contributed by atoms with Crippen molar-refractivity contribution in [1.82, 2.24) is 14.9 Å². The molecule has 1 N–H and O–H groups in total. The molecule has 0 radical (unpaired) electrons. The van der Waals surface area contributed by atoms with Crippen LogP contribution in [0.1, 0.15) is 28.8 Å². The molecule has 2 aromatic heterocycles. The molecule has 0 aliphatic heterocycles. The molecule has 0 spiro atoms. The highest BCUT2D eigenvalue weighted by Gasteiger charge is 2.00. The summed E-state index contributed by atoms with van der Waals surface area (Å²) in [6.45, 7) is 7.20. The Hall–Kier alpha value is -1.13. The fourth-order valence-electron chi connectivity index (χ4n) is 1.76. The van der Waals surface area contributed by atoms with Crippen molar-refractivity contribution in [2.45, 2.75) is 33.4 Å². The monoisotopic (exact) mass is 249 g/mol. The molecule has 0 aliphatic rings. The summed E-state index contributed by atoms with van der Waals surface area (Å²) in [5, 5.41) is 4.55. The summed E-state index contributed by atoms with van der Waals surface area (Å²) in [7, 11) is 0. The lowest BCUT2D eigenvalue weighted by Crippen LogP contribution is -2.13. The van der Waals surface area contributed by atoms with E-state index in [1.165, 1.54) is 16.9 Å². The van der Waals surface area contributed by atoms with Crippen LogP contribution in [-0.4, -0.2) is 16.1 Å². The van der Waals surface area contributed by atoms with E-state index in [0.717, 1.165) is 24.6 Å². The van der Waals surface area contributed by atoms with Gasteiger partial charge in [0.1, 0.15) is 0 Å². The highest BCUT2D eigenvalue weighted by Crippen LogP contribution is 2.13. The van der Waals surface area contributed by atoms with Crippen LogP contribution in [0.4, 0.5) is 0 Å². The van der Waals surface area contributed by atoms with Crippen molar-refractivity contribution in [3.63, 3.8) is 0 Å². The van der Waals surface area contributed by atoms with Crippen LogP contribution >= 0.6 is 11.3 Å². The Morgan fingerprint density at radius 1 is 1.47 bits per heavy atom. The molecule has 0 saturated heterocycles. The Labute approximate surface area is 107 Å². The number of nitrogens with one attached hydrogen (secondary N) is 1. The number of aryl methyl sites for hydroxylation is 1. The van der Waals surface area contributed by atoms with Crippen LogP contribution < -0.4 is 5.32 Å². The number of aromatic nitrogens is 2. The van der Waals surface area contributed by atoms with Gasteiger partial charge in [0.2, 0.25) is 0 Å². The Bertz CT molecular complexity index is 459. The molecule has 0 saturated carbocycles. The average Bonchev–Trinajstić information content (AvgIpc) is 2.90. The molecule has 2 rings (SSSR count). The van der Waals surface area contributed by atoms with Gasteiger partial charge < -0.3 is 9.88 Å². The van der Waals surface area contributed by atoms with E-state index in [1.807, 2.05) is 13.1 Å². The minimum absolute atomic E-state index is 0.930. The van der Waals surface area contributed by atoms with Crippen molar-refractivity contribution >= 4 is 11.3 Å². The van der Waals surface area contributed by atoms with Crippen LogP contribution in [0, 0.1) is 6.92 Å². The predicted octanol–water partition coefficient (Wildman–Crippen LogP) is 2.80. The Kier molecular flexibility index (Phi) is 4.34. The molecule has 0 aliphatic carbocycles. The topological polar surface area (TPSA) is 29.9 Å². The lowest BCUT2D eigenvalue weighted by Gasteiger charge is -2.00. The molecule has 0 bridgehead atoms. The standard InChI is InChI=1S/C13H19N3S/c1-3-5-14-7-12-4-6-16(9-12)10-13-8-15-11(2)17-13/h4,6,8-9,14H,3,5,7,10H2,1-2H3. The smallest absolute Gasteiger partial charge is 0.0897 e. The second kappa shape index (κ2) is 5.98. The van der Waals surface area contributed by atoms with E-state index in [9.17, 15) is 0 Å². The van der Waals surface area contributed by atoms with Gasteiger partial charge in [-0.15, -0.1) is 11.3 Å². The van der Waals surface area contributed by atoms with Gasteiger partial charge in [0.25, 0.3) is 0 Å². The first kappa shape index (κ1) is 12.3. The van der Waals surface area contributed by atoms with Crippen LogP contribution in [0.2, 0.25) is 0 Å². The van der Waals surface area contributed by atoms with Gasteiger partial charge >= 0.3 is 0 Å². The van der Waals surface area contributed by atoms with E-state index in [0.29, 0.717) is 0 Å². The fourth-order valence-corrected chi connectivity index (χ4v) is 2.57. The van der Waals surface area contributed by atoms with Gasteiger partial charge in [0.05, 0.1) is 11.6 Å². The second-order valence-electron chi connectivity index (χ2n) is 4.21. The third kappa shape index (κ3) is 3.68. The number of thiazole rings is 1. The predicted molar refractivity (Wildman–Crippen MR) is 72.4 cm³/mol. The van der Waals surface area contributed by atoms with E-state index in [-0.39, 0.29) is 0 Å². The van der Waals surface area contributed by atoms with Gasteiger partial charge in [-0.05, 0) is 31.5 Å². The van der Waals surface area contributed by atoms with Gasteiger partial charge in [0.15, 0.2) is 0 Å². The zero-order chi connectivity index (χ0) is 12.1. The molecule has 2 heterocycles. The van der Waals surface area contributed by atoms with Gasteiger partial charge in [-0.25, -0.2) is 4.98 Å². The molecule has 2 aromatic rings. The van der Waals surface area contributed by atoms with Gasteiger partial charge in [-0.1, -0.05) is 6.92 Å². The SMILES string of the molecule is CCCNCc1ccn(Cc2cnc(C)s2)c1. The first-order chi connectivity index (χ1) is 8.28. The number of rotatable bonds is 6. The summed E-state index contributed by atoms with van der Waals surface area (Å²) < 4.78 is 2.22. The second-order valence-corrected chi connectivity index (χ2v) is 5.53. The van der Waals surface area contributed by atoms with Crippen LogP contribution in [0.15, 0.2) is 24.7 Å². The van der Waals surface area contributed by atoms with Crippen LogP contribution in [-0.2, 0) is 13.1 Å². The van der Waals surface area contributed by atoms with Crippen molar-refractivity contribution < 1.29 is 0 Å². The number of hydrogen-bond acceptors (Lipinski definition) is 3. The average molecular weight is 249 g/mol. The molecule has 3 nitrogen and oxygen atoms in total. The number of nitrogens with zero attached hydrogens (tertiary/aromatic N) is 2. The third-order valence-corrected chi connectivity index (χ3v) is 3.47. The molecule has 17 heavy (non-hydrogen) atoms. The van der Waals surface area contributed by atoms with E-state index in [1.54, 1.807) is 11.3 Å². The highest BCUT2D eigenvalue weighted by atomic mass is 32.1. The minimum atomic E-state index is 0.930. The summed E-state index contributed by atoms with van der Waals surface area (Å²) in [6.07, 6.45) is 7.49. The third-order valence-electron chi connectivity index (χ3n) is 2.58. The van der Waals surface area contributed by atoms with Crippen molar-refractivity contribution in [3.8, 4) is 0 Å². The van der Waals surface area contributed by atoms with Crippen molar-refractivity contribution in [1.29, 1.82) is 0 Å². The summed E-state index contributed by atoms with van der Waals surface area (Å²) in [6, 6.07) is 2.18. The zero-order valence-electron chi connectivity index (χ0n) is 10.4. The summed E-state index contributed by atoms with van der Waals surface area (Å²) in [4.78, 5) is 5.58. The molecular weight excluding hydrogens is 230 g/mol. The van der Waals surface area contributed by atoms with Gasteiger partial charge in [-0.3, -0.25) is 0 Å². The summed E-state index contributed by atoms with van der Waals surface area (Å²) in [5.74, 6) is 0. The maximum Gasteiger partial charge on any atom is 0.0897 e. The molecule has 0 fully saturated rings. The van der Waals surface area contributed by atoms with Gasteiger partial charge in [-0.2, -0.15) is 0 Å². The maximum absolute atomic E-state index is 4.27. The zero-order valence-corrected chi connectivity index (χ0v) is 11.3. The molecule has 0 atom stereocenters. The van der Waals surface area contributed by atoms with E-state index in [2.05, 4.69) is 40.3 Å². The van der Waals surface area contributed by atoms with Crippen LogP contribution in [0.5, 0.6) is 0 Å². The van der Waals surface area contributed by atoms with E-state index in [4.69, 9.17) is 0 Å².